The van der Waals surface area contributed by atoms with Crippen LogP contribution in [0.15, 0.2) is 30.3 Å². The lowest BCUT2D eigenvalue weighted by atomic mass is 9.93. The van der Waals surface area contributed by atoms with E-state index in [1.165, 1.54) is 11.1 Å². The molecule has 5 heteroatoms. The molecule has 0 bridgehead atoms. The first-order valence-corrected chi connectivity index (χ1v) is 10.8. The van der Waals surface area contributed by atoms with Crippen LogP contribution >= 0.6 is 11.6 Å². The van der Waals surface area contributed by atoms with Gasteiger partial charge in [-0.15, -0.1) is 0 Å². The van der Waals surface area contributed by atoms with E-state index in [0.29, 0.717) is 18.7 Å². The summed E-state index contributed by atoms with van der Waals surface area (Å²) in [5.74, 6) is 0.691. The number of amides is 1. The smallest absolute Gasteiger partial charge is 0.253 e. The predicted molar refractivity (Wildman–Crippen MR) is 115 cm³/mol. The van der Waals surface area contributed by atoms with Crippen molar-refractivity contribution in [1.82, 2.24) is 4.90 Å². The van der Waals surface area contributed by atoms with E-state index in [1.54, 1.807) is 4.90 Å². The molecule has 29 heavy (non-hydrogen) atoms. The molecule has 0 radical (unpaired) electrons. The number of ether oxygens (including phenoxy) is 1. The van der Waals surface area contributed by atoms with Crippen LogP contribution in [-0.2, 0) is 12.8 Å². The van der Waals surface area contributed by atoms with E-state index in [4.69, 9.17) is 16.3 Å². The lowest BCUT2D eigenvalue weighted by Crippen LogP contribution is -2.53. The molecule has 1 unspecified atom stereocenters. The van der Waals surface area contributed by atoms with Crippen molar-refractivity contribution in [2.45, 2.75) is 51.6 Å². The second-order valence-electron chi connectivity index (χ2n) is 8.55. The third-order valence-corrected chi connectivity index (χ3v) is 6.70. The molecule has 0 aromatic heterocycles. The van der Waals surface area contributed by atoms with Crippen molar-refractivity contribution in [3.05, 3.63) is 63.2 Å². The van der Waals surface area contributed by atoms with E-state index in [9.17, 15) is 9.90 Å². The average Bonchev–Trinajstić information content (AvgIpc) is 3.18. The molecule has 154 valence electrons. The number of aryl methyl sites for hydroxylation is 4. The predicted octanol–water partition coefficient (Wildman–Crippen LogP) is 4.49. The monoisotopic (exact) mass is 413 g/mol. The van der Waals surface area contributed by atoms with Crippen LogP contribution in [0.1, 0.15) is 51.9 Å². The first kappa shape index (κ1) is 20.2. The largest absolute Gasteiger partial charge is 0.491 e. The van der Waals surface area contributed by atoms with E-state index in [1.807, 2.05) is 38.1 Å². The Morgan fingerprint density at radius 2 is 1.86 bits per heavy atom. The highest BCUT2D eigenvalue weighted by atomic mass is 35.5. The Morgan fingerprint density at radius 1 is 1.14 bits per heavy atom. The Balaban J connectivity index is 1.43. The molecule has 0 spiro atoms. The van der Waals surface area contributed by atoms with E-state index in [0.717, 1.165) is 47.4 Å². The van der Waals surface area contributed by atoms with Crippen LogP contribution in [0, 0.1) is 13.8 Å². The number of piperidine rings is 1. The number of hydrogen-bond donors (Lipinski definition) is 1. The molecule has 1 heterocycles. The fraction of sp³-hybridized carbons (Fsp3) is 0.458. The van der Waals surface area contributed by atoms with Gasteiger partial charge in [0.05, 0.1) is 6.54 Å². The van der Waals surface area contributed by atoms with Gasteiger partial charge in [-0.2, -0.15) is 0 Å². The Bertz CT molecular complexity index is 919. The van der Waals surface area contributed by atoms with Crippen LogP contribution in [0.3, 0.4) is 0 Å². The topological polar surface area (TPSA) is 49.8 Å². The maximum atomic E-state index is 13.0. The number of β-amino-alcohol motifs (C(OH)–C–C–N with tert-alkyl or cyclic N) is 1. The van der Waals surface area contributed by atoms with Crippen molar-refractivity contribution in [1.29, 1.82) is 0 Å². The number of hydrogen-bond acceptors (Lipinski definition) is 3. The van der Waals surface area contributed by atoms with Crippen LogP contribution in [0.25, 0.3) is 0 Å². The highest BCUT2D eigenvalue weighted by Crippen LogP contribution is 2.29. The van der Waals surface area contributed by atoms with Crippen molar-refractivity contribution >= 4 is 17.5 Å². The molecule has 4 rings (SSSR count). The quantitative estimate of drug-likeness (QED) is 0.803. The van der Waals surface area contributed by atoms with Crippen LogP contribution in [0.2, 0.25) is 5.02 Å². The molecule has 1 aliphatic heterocycles. The number of rotatable bonds is 4. The van der Waals surface area contributed by atoms with Gasteiger partial charge >= 0.3 is 0 Å². The number of likely N-dealkylation sites (tertiary alicyclic amines) is 1. The van der Waals surface area contributed by atoms with E-state index in [-0.39, 0.29) is 19.1 Å². The Labute approximate surface area is 177 Å². The zero-order chi connectivity index (χ0) is 20.6. The summed E-state index contributed by atoms with van der Waals surface area (Å²) >= 11 is 6.22. The van der Waals surface area contributed by atoms with Gasteiger partial charge in [-0.1, -0.05) is 17.7 Å². The van der Waals surface area contributed by atoms with Crippen molar-refractivity contribution in [3.8, 4) is 5.75 Å². The summed E-state index contributed by atoms with van der Waals surface area (Å²) in [5, 5.41) is 11.8. The molecule has 2 aromatic carbocycles. The molecular formula is C24H28ClNO3. The molecule has 1 aliphatic carbocycles. The Kier molecular flexibility index (Phi) is 5.58. The molecule has 1 fully saturated rings. The normalized spacial score (nSPS) is 21.2. The summed E-state index contributed by atoms with van der Waals surface area (Å²) < 4.78 is 5.91. The molecule has 4 nitrogen and oxygen atoms in total. The third-order valence-electron chi connectivity index (χ3n) is 6.11. The van der Waals surface area contributed by atoms with Gasteiger partial charge in [0.1, 0.15) is 18.0 Å². The summed E-state index contributed by atoms with van der Waals surface area (Å²) in [4.78, 5) is 14.8. The molecule has 2 aromatic rings. The van der Waals surface area contributed by atoms with Gasteiger partial charge in [-0.05, 0) is 92.5 Å². The summed E-state index contributed by atoms with van der Waals surface area (Å²) in [6.45, 7) is 4.98. The molecule has 1 atom stereocenters. The number of aliphatic hydroxyl groups is 1. The van der Waals surface area contributed by atoms with Crippen molar-refractivity contribution in [2.24, 2.45) is 0 Å². The number of carbonyl (C=O) groups is 1. The highest BCUT2D eigenvalue weighted by Gasteiger charge is 2.36. The first-order chi connectivity index (χ1) is 13.8. The molecule has 2 aliphatic rings. The number of carbonyl (C=O) groups excluding carboxylic acids is 1. The first-order valence-electron chi connectivity index (χ1n) is 10.4. The van der Waals surface area contributed by atoms with Crippen LogP contribution in [-0.4, -0.2) is 41.2 Å². The van der Waals surface area contributed by atoms with Crippen molar-refractivity contribution in [2.75, 3.05) is 19.7 Å². The van der Waals surface area contributed by atoms with Crippen LogP contribution in [0.5, 0.6) is 5.75 Å². The SMILES string of the molecule is Cc1cc(OCC2(O)CCCN(C(=O)c3ccc4c(c3)CCC4)C2)cc(C)c1Cl. The third kappa shape index (κ3) is 4.29. The van der Waals surface area contributed by atoms with Crippen LogP contribution < -0.4 is 4.74 Å². The standard InChI is InChI=1S/C24H28ClNO3/c1-16-11-21(12-17(2)22(16)25)29-15-24(28)9-4-10-26(14-24)23(27)20-8-7-18-5-3-6-19(18)13-20/h7-8,11-13,28H,3-6,9-10,14-15H2,1-2H3. The number of nitrogens with zero attached hydrogens (tertiary/aromatic N) is 1. The number of fused-ring (bicyclic) bond motifs is 1. The minimum atomic E-state index is -1.05. The zero-order valence-corrected chi connectivity index (χ0v) is 17.9. The van der Waals surface area contributed by atoms with Gasteiger partial charge in [-0.25, -0.2) is 0 Å². The van der Waals surface area contributed by atoms with E-state index < -0.39 is 5.60 Å². The second-order valence-corrected chi connectivity index (χ2v) is 8.93. The van der Waals surface area contributed by atoms with Gasteiger partial charge < -0.3 is 14.7 Å². The van der Waals surface area contributed by atoms with Crippen LogP contribution in [0.4, 0.5) is 0 Å². The lowest BCUT2D eigenvalue weighted by Gasteiger charge is -2.39. The van der Waals surface area contributed by atoms with Gasteiger partial charge in [0.15, 0.2) is 0 Å². The second kappa shape index (κ2) is 8.00. The van der Waals surface area contributed by atoms with Gasteiger partial charge in [0.2, 0.25) is 0 Å². The number of benzene rings is 2. The summed E-state index contributed by atoms with van der Waals surface area (Å²) in [5.41, 5.74) is 4.22. The van der Waals surface area contributed by atoms with Crippen molar-refractivity contribution < 1.29 is 14.6 Å². The number of halogens is 1. The van der Waals surface area contributed by atoms with Gasteiger partial charge in [0, 0.05) is 17.1 Å². The summed E-state index contributed by atoms with van der Waals surface area (Å²) in [6.07, 6.45) is 4.70. The Morgan fingerprint density at radius 3 is 2.62 bits per heavy atom. The van der Waals surface area contributed by atoms with E-state index in [2.05, 4.69) is 6.07 Å². The minimum absolute atomic E-state index is 0.00370. The fourth-order valence-corrected chi connectivity index (χ4v) is 4.61. The molecule has 1 saturated heterocycles. The maximum absolute atomic E-state index is 13.0. The average molecular weight is 414 g/mol. The minimum Gasteiger partial charge on any atom is -0.491 e. The molecule has 1 N–H and O–H groups in total. The van der Waals surface area contributed by atoms with E-state index >= 15 is 0 Å². The zero-order valence-electron chi connectivity index (χ0n) is 17.1. The summed E-state index contributed by atoms with van der Waals surface area (Å²) in [7, 11) is 0. The fourth-order valence-electron chi connectivity index (χ4n) is 4.50. The maximum Gasteiger partial charge on any atom is 0.253 e. The Hall–Kier alpha value is -2.04. The molecular weight excluding hydrogens is 386 g/mol. The van der Waals surface area contributed by atoms with Gasteiger partial charge in [-0.3, -0.25) is 4.79 Å². The summed E-state index contributed by atoms with van der Waals surface area (Å²) in [6, 6.07) is 9.81. The lowest BCUT2D eigenvalue weighted by molar-refractivity contribution is -0.0532. The molecule has 1 amide bonds. The van der Waals surface area contributed by atoms with Gasteiger partial charge in [0.25, 0.3) is 5.91 Å². The molecule has 0 saturated carbocycles. The highest BCUT2D eigenvalue weighted by molar-refractivity contribution is 6.32. The van der Waals surface area contributed by atoms with Crippen molar-refractivity contribution in [3.63, 3.8) is 0 Å².